The fraction of sp³-hybridized carbons (Fsp3) is 0.444. The highest BCUT2D eigenvalue weighted by molar-refractivity contribution is 7.80. The number of piperidine rings is 1. The molecule has 0 unspecified atom stereocenters. The van der Waals surface area contributed by atoms with E-state index in [-0.39, 0.29) is 24.1 Å². The molecule has 2 aliphatic heterocycles. The van der Waals surface area contributed by atoms with E-state index in [4.69, 9.17) is 17.0 Å². The van der Waals surface area contributed by atoms with Crippen LogP contribution in [0.25, 0.3) is 0 Å². The molecule has 0 saturated carbocycles. The van der Waals surface area contributed by atoms with E-state index in [1.807, 2.05) is 23.1 Å². The average Bonchev–Trinajstić information content (AvgIpc) is 3.10. The topological polar surface area (TPSA) is 65.1 Å². The molecule has 1 N–H and O–H groups in total. The second kappa shape index (κ2) is 11.8. The number of halogens is 1. The Morgan fingerprint density at radius 2 is 1.89 bits per heavy atom. The second-order valence-corrected chi connectivity index (χ2v) is 9.74. The highest BCUT2D eigenvalue weighted by atomic mass is 32.1. The van der Waals surface area contributed by atoms with Gasteiger partial charge in [0.25, 0.3) is 5.91 Å². The van der Waals surface area contributed by atoms with Crippen LogP contribution in [0, 0.1) is 11.7 Å². The predicted molar refractivity (Wildman–Crippen MR) is 143 cm³/mol. The zero-order valence-corrected chi connectivity index (χ0v) is 21.6. The fourth-order valence-corrected chi connectivity index (χ4v) is 5.33. The lowest BCUT2D eigenvalue weighted by Crippen LogP contribution is -2.44. The molecule has 2 saturated heterocycles. The van der Waals surface area contributed by atoms with Crippen molar-refractivity contribution in [3.05, 3.63) is 54.3 Å². The number of carbonyl (C=O) groups excluding carboxylic acids is 2. The van der Waals surface area contributed by atoms with Gasteiger partial charge in [0.15, 0.2) is 5.11 Å². The minimum Gasteiger partial charge on any atom is -0.497 e. The number of carbonyl (C=O) groups is 2. The van der Waals surface area contributed by atoms with Gasteiger partial charge in [-0.15, -0.1) is 0 Å². The molecule has 0 aliphatic carbocycles. The van der Waals surface area contributed by atoms with E-state index < -0.39 is 6.04 Å². The summed E-state index contributed by atoms with van der Waals surface area (Å²) in [5.41, 5.74) is 1.10. The van der Waals surface area contributed by atoms with Crippen molar-refractivity contribution < 1.29 is 18.7 Å². The van der Waals surface area contributed by atoms with Crippen LogP contribution in [0.1, 0.15) is 32.6 Å². The van der Waals surface area contributed by atoms with Crippen molar-refractivity contribution in [3.63, 3.8) is 0 Å². The number of ether oxygens (including phenoxy) is 1. The molecular formula is C27H33FN4O3S. The molecular weight excluding hydrogens is 479 g/mol. The minimum absolute atomic E-state index is 0.0501. The number of hydrogen-bond donors (Lipinski definition) is 1. The van der Waals surface area contributed by atoms with Crippen LogP contribution >= 0.6 is 12.2 Å². The molecule has 2 aliphatic rings. The van der Waals surface area contributed by atoms with Crippen LogP contribution < -0.4 is 15.0 Å². The lowest BCUT2D eigenvalue weighted by molar-refractivity contribution is -0.124. The van der Waals surface area contributed by atoms with Crippen LogP contribution in [-0.2, 0) is 9.59 Å². The number of benzene rings is 2. The highest BCUT2D eigenvalue weighted by Crippen LogP contribution is 2.31. The average molecular weight is 513 g/mol. The Morgan fingerprint density at radius 3 is 2.56 bits per heavy atom. The number of anilines is 2. The summed E-state index contributed by atoms with van der Waals surface area (Å²) in [6, 6.07) is 12.1. The third kappa shape index (κ3) is 6.02. The first-order chi connectivity index (χ1) is 17.4. The summed E-state index contributed by atoms with van der Waals surface area (Å²) in [4.78, 5) is 32.5. The van der Waals surface area contributed by atoms with Crippen molar-refractivity contribution in [1.82, 2.24) is 9.80 Å². The quantitative estimate of drug-likeness (QED) is 0.506. The van der Waals surface area contributed by atoms with Crippen molar-refractivity contribution in [3.8, 4) is 5.75 Å². The number of methoxy groups -OCH3 is 1. The zero-order chi connectivity index (χ0) is 25.7. The third-order valence-corrected chi connectivity index (χ3v) is 7.26. The van der Waals surface area contributed by atoms with Gasteiger partial charge in [0.05, 0.1) is 19.2 Å². The number of likely N-dealkylation sites (tertiary alicyclic amines) is 1. The summed E-state index contributed by atoms with van der Waals surface area (Å²) >= 11 is 5.81. The van der Waals surface area contributed by atoms with Crippen LogP contribution in [0.3, 0.4) is 0 Å². The van der Waals surface area contributed by atoms with Crippen LogP contribution in [0.4, 0.5) is 15.8 Å². The first-order valence-corrected chi connectivity index (χ1v) is 12.9. The molecule has 2 aromatic rings. The first-order valence-electron chi connectivity index (χ1n) is 12.5. The van der Waals surface area contributed by atoms with Gasteiger partial charge in [-0.1, -0.05) is 13.0 Å². The summed E-state index contributed by atoms with van der Waals surface area (Å²) in [7, 11) is 1.57. The minimum atomic E-state index is -0.710. The Labute approximate surface area is 217 Å². The number of thiocarbonyl (C=S) groups is 1. The molecule has 4 rings (SSSR count). The molecule has 36 heavy (non-hydrogen) atoms. The van der Waals surface area contributed by atoms with E-state index in [1.54, 1.807) is 13.2 Å². The van der Waals surface area contributed by atoms with Gasteiger partial charge in [0, 0.05) is 18.3 Å². The fourth-order valence-electron chi connectivity index (χ4n) is 4.94. The molecule has 2 aromatic carbocycles. The van der Waals surface area contributed by atoms with Crippen molar-refractivity contribution in [2.24, 2.45) is 5.92 Å². The van der Waals surface area contributed by atoms with E-state index in [9.17, 15) is 14.0 Å². The van der Waals surface area contributed by atoms with Crippen LogP contribution in [0.5, 0.6) is 5.75 Å². The second-order valence-electron chi connectivity index (χ2n) is 9.37. The molecule has 0 spiro atoms. The zero-order valence-electron chi connectivity index (χ0n) is 20.8. The highest BCUT2D eigenvalue weighted by Gasteiger charge is 2.45. The van der Waals surface area contributed by atoms with Crippen LogP contribution in [-0.4, -0.2) is 66.1 Å². The number of rotatable bonds is 9. The number of amides is 2. The van der Waals surface area contributed by atoms with E-state index >= 15 is 0 Å². The summed E-state index contributed by atoms with van der Waals surface area (Å²) in [5, 5.41) is 3.18. The predicted octanol–water partition coefficient (Wildman–Crippen LogP) is 4.29. The van der Waals surface area contributed by atoms with Crippen molar-refractivity contribution in [2.45, 2.75) is 38.6 Å². The Bertz CT molecular complexity index is 1090. The van der Waals surface area contributed by atoms with Gasteiger partial charge in [0.2, 0.25) is 5.91 Å². The Balaban J connectivity index is 1.53. The largest absolute Gasteiger partial charge is 0.497 e. The molecule has 0 radical (unpaired) electrons. The maximum atomic E-state index is 13.7. The normalized spacial score (nSPS) is 19.1. The maximum absolute atomic E-state index is 13.7. The molecule has 2 amide bonds. The van der Waals surface area contributed by atoms with Gasteiger partial charge < -0.3 is 19.9 Å². The lowest BCUT2D eigenvalue weighted by atomic mass is 9.95. The number of nitrogens with zero attached hydrogens (tertiary/aromatic N) is 3. The Morgan fingerprint density at radius 1 is 1.17 bits per heavy atom. The van der Waals surface area contributed by atoms with Crippen LogP contribution in [0.2, 0.25) is 0 Å². The summed E-state index contributed by atoms with van der Waals surface area (Å²) in [6.45, 7) is 5.97. The molecule has 2 fully saturated rings. The first kappa shape index (κ1) is 26.0. The number of nitrogens with one attached hydrogen (secondary N) is 1. The SMILES string of the molecule is CCCN1CCC(CN2C(=S)N(c3cccc(OC)c3)C(=O)[C@H]2CC(=O)Nc2ccc(F)cc2)CC1. The summed E-state index contributed by atoms with van der Waals surface area (Å²) in [6.07, 6.45) is 3.14. The molecule has 1 atom stereocenters. The van der Waals surface area contributed by atoms with E-state index in [2.05, 4.69) is 17.1 Å². The van der Waals surface area contributed by atoms with Gasteiger partial charge in [-0.25, -0.2) is 4.39 Å². The molecule has 0 aromatic heterocycles. The molecule has 192 valence electrons. The van der Waals surface area contributed by atoms with Crippen LogP contribution in [0.15, 0.2) is 48.5 Å². The van der Waals surface area contributed by atoms with E-state index in [0.29, 0.717) is 34.7 Å². The lowest BCUT2D eigenvalue weighted by Gasteiger charge is -2.35. The molecule has 7 nitrogen and oxygen atoms in total. The number of hydrogen-bond acceptors (Lipinski definition) is 5. The van der Waals surface area contributed by atoms with E-state index in [0.717, 1.165) is 38.9 Å². The Hall–Kier alpha value is -3.04. The summed E-state index contributed by atoms with van der Waals surface area (Å²) < 4.78 is 18.6. The van der Waals surface area contributed by atoms with Crippen molar-refractivity contribution in [2.75, 3.05) is 43.5 Å². The third-order valence-electron chi connectivity index (χ3n) is 6.84. The van der Waals surface area contributed by atoms with Gasteiger partial charge in [-0.3, -0.25) is 14.5 Å². The van der Waals surface area contributed by atoms with Gasteiger partial charge >= 0.3 is 0 Å². The monoisotopic (exact) mass is 512 g/mol. The Kier molecular flexibility index (Phi) is 8.53. The van der Waals surface area contributed by atoms with E-state index in [1.165, 1.54) is 29.2 Å². The molecule has 2 heterocycles. The van der Waals surface area contributed by atoms with Crippen molar-refractivity contribution >= 4 is 40.5 Å². The molecule has 9 heteroatoms. The summed E-state index contributed by atoms with van der Waals surface area (Å²) in [5.74, 6) is 0.0746. The van der Waals surface area contributed by atoms with Gasteiger partial charge in [-0.05, 0) is 93.4 Å². The van der Waals surface area contributed by atoms with Gasteiger partial charge in [-0.2, -0.15) is 0 Å². The van der Waals surface area contributed by atoms with Gasteiger partial charge in [0.1, 0.15) is 17.6 Å². The van der Waals surface area contributed by atoms with Crippen molar-refractivity contribution in [1.29, 1.82) is 0 Å². The molecule has 0 bridgehead atoms. The maximum Gasteiger partial charge on any atom is 0.256 e. The standard InChI is InChI=1S/C27H33FN4O3S/c1-3-13-30-14-11-19(12-15-30)18-31-24(17-25(33)29-21-9-7-20(28)8-10-21)26(34)32(27(31)36)22-5-4-6-23(16-22)35-2/h4-10,16,19,24H,3,11-15,17-18H2,1-2H3,(H,29,33)/t24-/m1/s1. The smallest absolute Gasteiger partial charge is 0.256 e.